The number of carbonyl (C=O) groups excluding carboxylic acids is 1. The number of aryl methyl sites for hydroxylation is 1. The SMILES string of the molecule is COc1cc(CNC(=O)c2cc(S(=O)(=O)Nc3ccccc3F)ccc2C)ccc1OC(F)F. The van der Waals surface area contributed by atoms with Crippen LogP contribution in [0.1, 0.15) is 21.5 Å². The molecule has 3 rings (SSSR count). The number of rotatable bonds is 9. The number of anilines is 1. The van der Waals surface area contributed by atoms with Crippen molar-refractivity contribution in [2.75, 3.05) is 11.8 Å². The van der Waals surface area contributed by atoms with Crippen molar-refractivity contribution < 1.29 is 35.9 Å². The Balaban J connectivity index is 1.77. The standard InChI is InChI=1S/C23H21F3N2O5S/c1-14-7-9-16(34(30,31)28-19-6-4-3-5-18(19)24)12-17(14)22(29)27-13-15-8-10-20(33-23(25)26)21(11-15)32-2/h3-12,23,28H,13H2,1-2H3,(H,27,29). The van der Waals surface area contributed by atoms with Crippen molar-refractivity contribution in [3.63, 3.8) is 0 Å². The van der Waals surface area contributed by atoms with E-state index in [1.54, 1.807) is 6.92 Å². The van der Waals surface area contributed by atoms with Gasteiger partial charge in [-0.25, -0.2) is 12.8 Å². The minimum absolute atomic E-state index is 0.00798. The minimum Gasteiger partial charge on any atom is -0.493 e. The first kappa shape index (κ1) is 24.9. The van der Waals surface area contributed by atoms with Gasteiger partial charge in [0.1, 0.15) is 5.82 Å². The Morgan fingerprint density at radius 3 is 2.44 bits per heavy atom. The number of ether oxygens (including phenoxy) is 2. The summed E-state index contributed by atoms with van der Waals surface area (Å²) in [6.45, 7) is -1.37. The van der Waals surface area contributed by atoms with E-state index in [1.807, 2.05) is 0 Å². The summed E-state index contributed by atoms with van der Waals surface area (Å²) < 4.78 is 75.8. The first-order chi connectivity index (χ1) is 16.1. The van der Waals surface area contributed by atoms with Gasteiger partial charge in [0.15, 0.2) is 11.5 Å². The Bertz CT molecular complexity index is 1300. The van der Waals surface area contributed by atoms with Crippen molar-refractivity contribution in [2.45, 2.75) is 25.0 Å². The number of para-hydroxylation sites is 1. The average molecular weight is 494 g/mol. The molecular weight excluding hydrogens is 473 g/mol. The summed E-state index contributed by atoms with van der Waals surface area (Å²) in [6.07, 6.45) is 0. The molecule has 2 N–H and O–H groups in total. The van der Waals surface area contributed by atoms with Crippen molar-refractivity contribution in [1.29, 1.82) is 0 Å². The first-order valence-electron chi connectivity index (χ1n) is 9.88. The monoisotopic (exact) mass is 494 g/mol. The van der Waals surface area contributed by atoms with Crippen LogP contribution in [0.15, 0.2) is 65.6 Å². The number of benzene rings is 3. The number of carbonyl (C=O) groups is 1. The van der Waals surface area contributed by atoms with Gasteiger partial charge in [-0.05, 0) is 54.4 Å². The maximum Gasteiger partial charge on any atom is 0.387 e. The summed E-state index contributed by atoms with van der Waals surface area (Å²) in [4.78, 5) is 12.5. The smallest absolute Gasteiger partial charge is 0.387 e. The molecule has 0 bridgehead atoms. The molecule has 0 aliphatic carbocycles. The number of hydrogen-bond donors (Lipinski definition) is 2. The highest BCUT2D eigenvalue weighted by Gasteiger charge is 2.20. The molecule has 0 radical (unpaired) electrons. The number of nitrogens with one attached hydrogen (secondary N) is 2. The zero-order chi connectivity index (χ0) is 24.9. The van der Waals surface area contributed by atoms with Crippen LogP contribution >= 0.6 is 0 Å². The van der Waals surface area contributed by atoms with Crippen molar-refractivity contribution in [3.05, 3.63) is 83.2 Å². The van der Waals surface area contributed by atoms with Crippen LogP contribution in [0, 0.1) is 12.7 Å². The topological polar surface area (TPSA) is 93.7 Å². The summed E-state index contributed by atoms with van der Waals surface area (Å²) >= 11 is 0. The number of methoxy groups -OCH3 is 1. The summed E-state index contributed by atoms with van der Waals surface area (Å²) in [6, 6.07) is 13.5. The summed E-state index contributed by atoms with van der Waals surface area (Å²) in [5.74, 6) is -1.39. The third kappa shape index (κ3) is 5.98. The number of sulfonamides is 1. The van der Waals surface area contributed by atoms with Crippen LogP contribution in [0.5, 0.6) is 11.5 Å². The summed E-state index contributed by atoms with van der Waals surface area (Å²) in [5.41, 5.74) is 0.929. The maximum atomic E-state index is 13.9. The normalized spacial score (nSPS) is 11.2. The second-order valence-electron chi connectivity index (χ2n) is 7.11. The van der Waals surface area contributed by atoms with Gasteiger partial charge in [-0.1, -0.05) is 24.3 Å². The van der Waals surface area contributed by atoms with Crippen LogP contribution in [0.3, 0.4) is 0 Å². The van der Waals surface area contributed by atoms with E-state index in [2.05, 4.69) is 14.8 Å². The second-order valence-corrected chi connectivity index (χ2v) is 8.79. The van der Waals surface area contributed by atoms with Crippen molar-refractivity contribution in [2.24, 2.45) is 0 Å². The fraction of sp³-hybridized carbons (Fsp3) is 0.174. The second kappa shape index (κ2) is 10.5. The number of hydrogen-bond acceptors (Lipinski definition) is 5. The van der Waals surface area contributed by atoms with Gasteiger partial charge >= 0.3 is 6.61 Å². The predicted molar refractivity (Wildman–Crippen MR) is 119 cm³/mol. The molecule has 0 fully saturated rings. The van der Waals surface area contributed by atoms with E-state index in [0.717, 1.165) is 6.07 Å². The molecule has 0 aliphatic heterocycles. The van der Waals surface area contributed by atoms with Crippen LogP contribution in [-0.4, -0.2) is 28.0 Å². The molecule has 0 heterocycles. The molecule has 34 heavy (non-hydrogen) atoms. The fourth-order valence-corrected chi connectivity index (χ4v) is 4.15. The lowest BCUT2D eigenvalue weighted by Crippen LogP contribution is -2.24. The van der Waals surface area contributed by atoms with Crippen LogP contribution in [-0.2, 0) is 16.6 Å². The van der Waals surface area contributed by atoms with Gasteiger partial charge < -0.3 is 14.8 Å². The highest BCUT2D eigenvalue weighted by Crippen LogP contribution is 2.29. The Morgan fingerprint density at radius 2 is 1.76 bits per heavy atom. The molecule has 0 atom stereocenters. The van der Waals surface area contributed by atoms with Gasteiger partial charge in [0.05, 0.1) is 17.7 Å². The van der Waals surface area contributed by atoms with E-state index in [4.69, 9.17) is 4.74 Å². The van der Waals surface area contributed by atoms with E-state index in [0.29, 0.717) is 11.1 Å². The van der Waals surface area contributed by atoms with E-state index < -0.39 is 28.4 Å². The van der Waals surface area contributed by atoms with Gasteiger partial charge in [-0.2, -0.15) is 8.78 Å². The van der Waals surface area contributed by atoms with E-state index >= 15 is 0 Å². The van der Waals surface area contributed by atoms with E-state index in [1.165, 1.54) is 61.7 Å². The Hall–Kier alpha value is -3.73. The Morgan fingerprint density at radius 1 is 1.03 bits per heavy atom. The quantitative estimate of drug-likeness (QED) is 0.458. The van der Waals surface area contributed by atoms with Gasteiger partial charge in [-0.15, -0.1) is 0 Å². The predicted octanol–water partition coefficient (Wildman–Crippen LogP) is 4.47. The molecule has 0 aliphatic rings. The highest BCUT2D eigenvalue weighted by atomic mass is 32.2. The largest absolute Gasteiger partial charge is 0.493 e. The molecule has 0 aromatic heterocycles. The minimum atomic E-state index is -4.16. The van der Waals surface area contributed by atoms with Crippen LogP contribution in [0.4, 0.5) is 18.9 Å². The van der Waals surface area contributed by atoms with E-state index in [9.17, 15) is 26.4 Å². The number of halogens is 3. The van der Waals surface area contributed by atoms with Crippen molar-refractivity contribution >= 4 is 21.6 Å². The molecular formula is C23H21F3N2O5S. The van der Waals surface area contributed by atoms with Crippen LogP contribution < -0.4 is 19.5 Å². The molecule has 0 saturated carbocycles. The number of amides is 1. The lowest BCUT2D eigenvalue weighted by atomic mass is 10.1. The Labute approximate surface area is 194 Å². The number of alkyl halides is 2. The zero-order valence-corrected chi connectivity index (χ0v) is 19.0. The van der Waals surface area contributed by atoms with E-state index in [-0.39, 0.29) is 34.2 Å². The third-order valence-corrected chi connectivity index (χ3v) is 6.14. The fourth-order valence-electron chi connectivity index (χ4n) is 3.05. The van der Waals surface area contributed by atoms with Crippen molar-refractivity contribution in [3.8, 4) is 11.5 Å². The molecule has 1 amide bonds. The molecule has 3 aromatic carbocycles. The van der Waals surface area contributed by atoms with Gasteiger partial charge in [0.2, 0.25) is 0 Å². The lowest BCUT2D eigenvalue weighted by molar-refractivity contribution is -0.0512. The average Bonchev–Trinajstić information content (AvgIpc) is 2.79. The van der Waals surface area contributed by atoms with Gasteiger partial charge in [-0.3, -0.25) is 9.52 Å². The first-order valence-corrected chi connectivity index (χ1v) is 11.4. The Kier molecular flexibility index (Phi) is 7.67. The van der Waals surface area contributed by atoms with Crippen LogP contribution in [0.25, 0.3) is 0 Å². The van der Waals surface area contributed by atoms with Gasteiger partial charge in [0, 0.05) is 12.1 Å². The molecule has 0 saturated heterocycles. The lowest BCUT2D eigenvalue weighted by Gasteiger charge is -2.13. The van der Waals surface area contributed by atoms with Gasteiger partial charge in [0.25, 0.3) is 15.9 Å². The molecule has 3 aromatic rings. The summed E-state index contributed by atoms with van der Waals surface area (Å²) in [5, 5.41) is 2.65. The summed E-state index contributed by atoms with van der Waals surface area (Å²) in [7, 11) is -2.87. The zero-order valence-electron chi connectivity index (χ0n) is 18.1. The molecule has 7 nitrogen and oxygen atoms in total. The maximum absolute atomic E-state index is 13.9. The molecule has 11 heteroatoms. The molecule has 0 spiro atoms. The molecule has 0 unspecified atom stereocenters. The van der Waals surface area contributed by atoms with Crippen molar-refractivity contribution in [1.82, 2.24) is 5.32 Å². The molecule has 180 valence electrons. The van der Waals surface area contributed by atoms with Crippen LogP contribution in [0.2, 0.25) is 0 Å². The highest BCUT2D eigenvalue weighted by molar-refractivity contribution is 7.92. The third-order valence-electron chi connectivity index (χ3n) is 4.78.